The highest BCUT2D eigenvalue weighted by Crippen LogP contribution is 2.60. The third-order valence-corrected chi connectivity index (χ3v) is 15.4. The minimum absolute atomic E-state index is 0.0263. The fourth-order valence-electron chi connectivity index (χ4n) is 10.7. The molecule has 0 spiro atoms. The lowest BCUT2D eigenvalue weighted by Crippen LogP contribution is -2.41. The fourth-order valence-corrected chi connectivity index (χ4v) is 10.7. The Morgan fingerprint density at radius 2 is 0.420 bits per heavy atom. The zero-order valence-electron chi connectivity index (χ0n) is 35.0. The molecule has 8 atom stereocenters. The maximum absolute atomic E-state index is 4.59. The van der Waals surface area contributed by atoms with Gasteiger partial charge in [0.15, 0.2) is 0 Å². The zero-order chi connectivity index (χ0) is 38.4. The second kappa shape index (κ2) is 19.1. The summed E-state index contributed by atoms with van der Waals surface area (Å²) >= 11 is 0. The van der Waals surface area contributed by atoms with Crippen molar-refractivity contribution >= 4 is 0 Å². The Morgan fingerprint density at radius 3 is 0.540 bits per heavy atom. The molecule has 1 fully saturated rings. The van der Waals surface area contributed by atoms with Crippen LogP contribution >= 0.6 is 0 Å². The molecule has 0 bridgehead atoms. The predicted molar refractivity (Wildman–Crippen MR) is 230 cm³/mol. The summed E-state index contributed by atoms with van der Waals surface area (Å²) in [5, 5.41) is 0. The Morgan fingerprint density at radius 1 is 0.280 bits per heavy atom. The number of hydrogen-bond donors (Lipinski definition) is 0. The van der Waals surface area contributed by atoms with Crippen molar-refractivity contribution in [3.63, 3.8) is 0 Å². The van der Waals surface area contributed by atoms with Crippen molar-refractivity contribution in [3.05, 3.63) is 101 Å². The van der Waals surface area contributed by atoms with Crippen molar-refractivity contribution < 1.29 is 0 Å². The summed E-state index contributed by atoms with van der Waals surface area (Å²) < 4.78 is 0. The second-order valence-electron chi connectivity index (χ2n) is 17.5. The third kappa shape index (κ3) is 10.1. The summed E-state index contributed by atoms with van der Waals surface area (Å²) in [5.41, 5.74) is -0.216. The van der Waals surface area contributed by atoms with Crippen LogP contribution in [0.2, 0.25) is 0 Å². The minimum Gasteiger partial charge on any atom is -0.103 e. The van der Waals surface area contributed by atoms with Crippen LogP contribution in [0.5, 0.6) is 0 Å². The van der Waals surface area contributed by atoms with Gasteiger partial charge in [0.1, 0.15) is 0 Å². The summed E-state index contributed by atoms with van der Waals surface area (Å²) in [6, 6.07) is 0. The molecule has 0 saturated heterocycles. The van der Waals surface area contributed by atoms with E-state index in [1.807, 2.05) is 0 Å². The molecular formula is C50H84. The van der Waals surface area contributed by atoms with Crippen molar-refractivity contribution in [2.24, 2.45) is 43.3 Å². The van der Waals surface area contributed by atoms with E-state index in [0.29, 0.717) is 0 Å². The molecule has 0 heterocycles. The summed E-state index contributed by atoms with van der Waals surface area (Å²) in [6.45, 7) is 55.5. The van der Waals surface area contributed by atoms with E-state index in [-0.39, 0.29) is 43.3 Å². The lowest BCUT2D eigenvalue weighted by Gasteiger charge is -2.52. The highest BCUT2D eigenvalue weighted by molar-refractivity contribution is 5.17. The molecule has 1 aliphatic carbocycles. The topological polar surface area (TPSA) is 0 Å². The first-order chi connectivity index (χ1) is 23.6. The van der Waals surface area contributed by atoms with E-state index in [9.17, 15) is 0 Å². The molecular weight excluding hydrogens is 601 g/mol. The number of hydrogen-bond acceptors (Lipinski definition) is 0. The van der Waals surface area contributed by atoms with Gasteiger partial charge in [0.05, 0.1) is 0 Å². The summed E-state index contributed by atoms with van der Waals surface area (Å²) in [5.74, 6) is 0. The van der Waals surface area contributed by atoms with Crippen LogP contribution in [0.4, 0.5) is 0 Å². The van der Waals surface area contributed by atoms with Crippen molar-refractivity contribution in [2.45, 2.75) is 171 Å². The number of rotatable bonds is 16. The molecule has 0 aromatic carbocycles. The van der Waals surface area contributed by atoms with E-state index in [0.717, 1.165) is 116 Å². The first kappa shape index (κ1) is 45.9. The molecule has 8 unspecified atom stereocenters. The van der Waals surface area contributed by atoms with Gasteiger partial charge in [-0.3, -0.25) is 0 Å². The van der Waals surface area contributed by atoms with E-state index in [1.54, 1.807) is 0 Å². The molecule has 0 heteroatoms. The molecule has 50 heavy (non-hydrogen) atoms. The maximum Gasteiger partial charge on any atom is -0.0107 e. The van der Waals surface area contributed by atoms with Crippen LogP contribution in [0.1, 0.15) is 171 Å². The highest BCUT2D eigenvalue weighted by Gasteiger charge is 2.49. The van der Waals surface area contributed by atoms with Crippen molar-refractivity contribution in [3.8, 4) is 0 Å². The average Bonchev–Trinajstić information content (AvgIpc) is 3.17. The SMILES string of the molecule is C=CC1(CC)CCCC(C=C)(CC)CC(C=C)(CC)CC(C=C)(CC)CC(C=C)(CC)CC(C=C)(CC)CC(C=C)(CC)CC(C=C)(CC)C1. The normalized spacial score (nSPS) is 39.5. The van der Waals surface area contributed by atoms with E-state index in [1.165, 1.54) is 0 Å². The van der Waals surface area contributed by atoms with E-state index in [4.69, 9.17) is 0 Å². The van der Waals surface area contributed by atoms with Gasteiger partial charge in [-0.05, 0) is 152 Å². The van der Waals surface area contributed by atoms with Crippen LogP contribution in [0.15, 0.2) is 101 Å². The fraction of sp³-hybridized carbons (Fsp3) is 0.680. The third-order valence-electron chi connectivity index (χ3n) is 15.4. The zero-order valence-corrected chi connectivity index (χ0v) is 35.0. The Bertz CT molecular complexity index is 1060. The standard InChI is InChI=1S/C50H84/c1-17-43(18-2)34-33-35-44(19-3,20-4)37-46(23-7,24-8)39-48(27-11,28-12)41-50(31-15,32-16)42-49(29-13,30-14)40-47(25-9,26-10)38-45(21-5,22-6)36-43/h17,19,21,23,25,27,29,31H,1,3,5,7,9,11,13,15,18,20,22,24,26,28,30,32-42H2,2,4,6,8,10,12,14,16H3. The molecule has 284 valence electrons. The van der Waals surface area contributed by atoms with Crippen LogP contribution in [0, 0.1) is 43.3 Å². The smallest absolute Gasteiger partial charge is 0.0107 e. The van der Waals surface area contributed by atoms with Crippen molar-refractivity contribution in [1.82, 2.24) is 0 Å². The van der Waals surface area contributed by atoms with Crippen LogP contribution in [0.25, 0.3) is 0 Å². The van der Waals surface area contributed by atoms with Gasteiger partial charge in [-0.25, -0.2) is 0 Å². The lowest BCUT2D eigenvalue weighted by molar-refractivity contribution is 0.0500. The molecule has 0 aromatic rings. The van der Waals surface area contributed by atoms with Gasteiger partial charge in [-0.1, -0.05) is 110 Å². The largest absolute Gasteiger partial charge is 0.103 e. The maximum atomic E-state index is 4.59. The van der Waals surface area contributed by atoms with E-state index >= 15 is 0 Å². The van der Waals surface area contributed by atoms with Crippen LogP contribution in [-0.2, 0) is 0 Å². The second-order valence-corrected chi connectivity index (χ2v) is 17.5. The van der Waals surface area contributed by atoms with Gasteiger partial charge in [-0.15, -0.1) is 52.6 Å². The Kier molecular flexibility index (Phi) is 17.6. The first-order valence-electron chi connectivity index (χ1n) is 20.7. The van der Waals surface area contributed by atoms with Gasteiger partial charge < -0.3 is 0 Å². The van der Waals surface area contributed by atoms with Crippen molar-refractivity contribution in [1.29, 1.82) is 0 Å². The van der Waals surface area contributed by atoms with Crippen molar-refractivity contribution in [2.75, 3.05) is 0 Å². The molecule has 0 aliphatic heterocycles. The quantitative estimate of drug-likeness (QED) is 0.142. The van der Waals surface area contributed by atoms with E-state index in [2.05, 4.69) is 157 Å². The summed E-state index contributed by atoms with van der Waals surface area (Å²) in [4.78, 5) is 0. The Labute approximate surface area is 314 Å². The van der Waals surface area contributed by atoms with Crippen LogP contribution < -0.4 is 0 Å². The van der Waals surface area contributed by atoms with Gasteiger partial charge in [0.25, 0.3) is 0 Å². The van der Waals surface area contributed by atoms with Crippen LogP contribution in [0.3, 0.4) is 0 Å². The summed E-state index contributed by atoms with van der Waals surface area (Å²) in [6.07, 6.45) is 37.7. The van der Waals surface area contributed by atoms with Gasteiger partial charge in [-0.2, -0.15) is 0 Å². The number of allylic oxidation sites excluding steroid dienone is 8. The monoisotopic (exact) mass is 685 g/mol. The molecule has 1 aliphatic rings. The Balaban J connectivity index is 4.29. The molecule has 0 amide bonds. The summed E-state index contributed by atoms with van der Waals surface area (Å²) in [7, 11) is 0. The molecule has 0 nitrogen and oxygen atoms in total. The molecule has 0 radical (unpaired) electrons. The molecule has 0 N–H and O–H groups in total. The van der Waals surface area contributed by atoms with Gasteiger partial charge in [0, 0.05) is 0 Å². The van der Waals surface area contributed by atoms with Gasteiger partial charge in [0.2, 0.25) is 0 Å². The minimum atomic E-state index is -0.0676. The average molecular weight is 685 g/mol. The lowest BCUT2D eigenvalue weighted by atomic mass is 9.52. The molecule has 1 saturated carbocycles. The van der Waals surface area contributed by atoms with E-state index < -0.39 is 0 Å². The van der Waals surface area contributed by atoms with Crippen LogP contribution in [-0.4, -0.2) is 0 Å². The van der Waals surface area contributed by atoms with Gasteiger partial charge >= 0.3 is 0 Å². The first-order valence-corrected chi connectivity index (χ1v) is 20.7. The molecule has 1 rings (SSSR count). The predicted octanol–water partition coefficient (Wildman–Crippen LogP) is 16.6. The highest BCUT2D eigenvalue weighted by atomic mass is 14.5. The Hall–Kier alpha value is -2.08. The molecule has 0 aromatic heterocycles.